The van der Waals surface area contributed by atoms with E-state index in [0.29, 0.717) is 16.3 Å². The van der Waals surface area contributed by atoms with Crippen molar-refractivity contribution in [1.82, 2.24) is 10.2 Å². The summed E-state index contributed by atoms with van der Waals surface area (Å²) in [7, 11) is 0. The Labute approximate surface area is 191 Å². The Hall–Kier alpha value is -2.67. The molecule has 2 aromatic carbocycles. The maximum absolute atomic E-state index is 14.5. The fourth-order valence-electron chi connectivity index (χ4n) is 3.65. The van der Waals surface area contributed by atoms with E-state index in [-0.39, 0.29) is 11.5 Å². The molecule has 1 aliphatic rings. The maximum atomic E-state index is 14.5. The Morgan fingerprint density at radius 1 is 1.19 bits per heavy atom. The van der Waals surface area contributed by atoms with Crippen LogP contribution in [0.2, 0.25) is 5.02 Å². The Bertz CT molecular complexity index is 1020. The number of nitrogens with one attached hydrogen (secondary N) is 1. The van der Waals surface area contributed by atoms with Gasteiger partial charge in [0.25, 0.3) is 5.91 Å². The lowest BCUT2D eigenvalue weighted by atomic mass is 9.99. The molecule has 0 aliphatic carbocycles. The lowest BCUT2D eigenvalue weighted by Crippen LogP contribution is -2.51. The molecule has 0 spiro atoms. The van der Waals surface area contributed by atoms with Crippen LogP contribution in [0.15, 0.2) is 36.4 Å². The van der Waals surface area contributed by atoms with Crippen molar-refractivity contribution in [2.45, 2.75) is 58.8 Å². The average molecular weight is 465 g/mol. The molecule has 1 heterocycles. The number of hydrogen-bond donors (Lipinski definition) is 1. The normalized spacial score (nSPS) is 18.8. The van der Waals surface area contributed by atoms with E-state index in [4.69, 9.17) is 16.3 Å². The molecular weight excluding hydrogens is 438 g/mol. The van der Waals surface area contributed by atoms with Crippen molar-refractivity contribution in [3.8, 4) is 5.75 Å². The van der Waals surface area contributed by atoms with Crippen LogP contribution < -0.4 is 10.1 Å². The zero-order valence-corrected chi connectivity index (χ0v) is 19.5. The third-order valence-corrected chi connectivity index (χ3v) is 5.34. The first kappa shape index (κ1) is 24.0. The first-order valence-corrected chi connectivity index (χ1v) is 10.8. The van der Waals surface area contributed by atoms with E-state index in [1.807, 2.05) is 0 Å². The summed E-state index contributed by atoms with van der Waals surface area (Å²) in [5.74, 6) is -2.57. The quantitative estimate of drug-likeness (QED) is 0.691. The van der Waals surface area contributed by atoms with Gasteiger partial charge in [-0.2, -0.15) is 0 Å². The highest BCUT2D eigenvalue weighted by molar-refractivity contribution is 6.30. The largest absolute Gasteiger partial charge is 0.480 e. The van der Waals surface area contributed by atoms with Crippen LogP contribution in [-0.2, 0) is 16.1 Å². The van der Waals surface area contributed by atoms with Gasteiger partial charge in [-0.05, 0) is 57.0 Å². The van der Waals surface area contributed by atoms with E-state index in [1.54, 1.807) is 52.8 Å². The van der Waals surface area contributed by atoms with E-state index in [9.17, 15) is 18.4 Å². The van der Waals surface area contributed by atoms with Crippen LogP contribution in [0, 0.1) is 17.6 Å². The second-order valence-electron chi connectivity index (χ2n) is 9.27. The van der Waals surface area contributed by atoms with Crippen LogP contribution in [0.5, 0.6) is 5.75 Å². The molecule has 5 nitrogen and oxygen atoms in total. The lowest BCUT2D eigenvalue weighted by molar-refractivity contribution is -0.147. The van der Waals surface area contributed by atoms with Crippen molar-refractivity contribution in [3.63, 3.8) is 0 Å². The molecule has 32 heavy (non-hydrogen) atoms. The second kappa shape index (κ2) is 9.06. The number of ether oxygens (including phenoxy) is 1. The summed E-state index contributed by atoms with van der Waals surface area (Å²) in [5.41, 5.74) is -0.562. The number of carbonyl (C=O) groups is 2. The fourth-order valence-corrected chi connectivity index (χ4v) is 3.83. The SMILES string of the molecule is CC(C)C1Oc2ccc(Cl)cc2C(C(=O)NC(C)(C)C)N(Cc2c(F)cccc2F)C1=O. The van der Waals surface area contributed by atoms with Gasteiger partial charge in [-0.1, -0.05) is 31.5 Å². The van der Waals surface area contributed by atoms with Gasteiger partial charge in [-0.15, -0.1) is 0 Å². The van der Waals surface area contributed by atoms with Gasteiger partial charge in [0.05, 0.1) is 6.54 Å². The number of nitrogens with zero attached hydrogens (tertiary/aromatic N) is 1. The standard InChI is InChI=1S/C24H27ClF2N2O3/c1-13(2)21-23(31)29(12-16-17(26)7-6-8-18(16)27)20(22(30)28-24(3,4)5)15-11-14(25)9-10-19(15)32-21/h6-11,13,20-21H,12H2,1-5H3,(H,28,30). The Kier molecular flexibility index (Phi) is 6.79. The zero-order chi connectivity index (χ0) is 23.8. The highest BCUT2D eigenvalue weighted by atomic mass is 35.5. The van der Waals surface area contributed by atoms with Crippen molar-refractivity contribution in [3.05, 3.63) is 64.2 Å². The molecule has 1 aliphatic heterocycles. The molecule has 3 rings (SSSR count). The molecule has 0 saturated carbocycles. The average Bonchev–Trinajstić information content (AvgIpc) is 2.78. The summed E-state index contributed by atoms with van der Waals surface area (Å²) < 4.78 is 35.0. The minimum atomic E-state index is -1.20. The van der Waals surface area contributed by atoms with E-state index in [2.05, 4.69) is 5.32 Å². The van der Waals surface area contributed by atoms with Gasteiger partial charge in [0.15, 0.2) is 6.10 Å². The summed E-state index contributed by atoms with van der Waals surface area (Å²) in [6.45, 7) is 8.56. The molecule has 2 aromatic rings. The molecule has 2 atom stereocenters. The number of fused-ring (bicyclic) bond motifs is 1. The maximum Gasteiger partial charge on any atom is 0.265 e. The van der Waals surface area contributed by atoms with Crippen LogP contribution in [0.1, 0.15) is 51.8 Å². The smallest absolute Gasteiger partial charge is 0.265 e. The Morgan fingerprint density at radius 3 is 2.38 bits per heavy atom. The molecule has 2 unspecified atom stereocenters. The topological polar surface area (TPSA) is 58.6 Å². The monoisotopic (exact) mass is 464 g/mol. The summed E-state index contributed by atoms with van der Waals surface area (Å²) in [6, 6.07) is 7.04. The zero-order valence-electron chi connectivity index (χ0n) is 18.7. The molecule has 2 amide bonds. The highest BCUT2D eigenvalue weighted by Crippen LogP contribution is 2.39. The minimum Gasteiger partial charge on any atom is -0.480 e. The predicted molar refractivity (Wildman–Crippen MR) is 118 cm³/mol. The van der Waals surface area contributed by atoms with Crippen LogP contribution in [0.4, 0.5) is 8.78 Å². The Balaban J connectivity index is 2.21. The van der Waals surface area contributed by atoms with Crippen molar-refractivity contribution in [2.75, 3.05) is 0 Å². The van der Waals surface area contributed by atoms with Gasteiger partial charge in [0, 0.05) is 21.7 Å². The molecule has 172 valence electrons. The van der Waals surface area contributed by atoms with E-state index >= 15 is 0 Å². The van der Waals surface area contributed by atoms with Crippen molar-refractivity contribution in [1.29, 1.82) is 0 Å². The molecule has 0 fully saturated rings. The van der Waals surface area contributed by atoms with Crippen LogP contribution >= 0.6 is 11.6 Å². The summed E-state index contributed by atoms with van der Waals surface area (Å²) in [5, 5.41) is 3.21. The van der Waals surface area contributed by atoms with Gasteiger partial charge >= 0.3 is 0 Å². The van der Waals surface area contributed by atoms with Gasteiger partial charge in [-0.25, -0.2) is 8.78 Å². The van der Waals surface area contributed by atoms with E-state index < -0.39 is 47.7 Å². The number of halogens is 3. The summed E-state index contributed by atoms with van der Waals surface area (Å²) in [4.78, 5) is 28.2. The van der Waals surface area contributed by atoms with Crippen LogP contribution in [0.25, 0.3) is 0 Å². The third kappa shape index (κ3) is 5.04. The van der Waals surface area contributed by atoms with E-state index in [0.717, 1.165) is 12.1 Å². The van der Waals surface area contributed by atoms with Gasteiger partial charge in [0.1, 0.15) is 23.4 Å². The van der Waals surface area contributed by atoms with Gasteiger partial charge in [-0.3, -0.25) is 9.59 Å². The first-order chi connectivity index (χ1) is 14.9. The summed E-state index contributed by atoms with van der Waals surface area (Å²) >= 11 is 6.22. The number of amides is 2. The minimum absolute atomic E-state index is 0.261. The number of rotatable bonds is 4. The second-order valence-corrected chi connectivity index (χ2v) is 9.71. The lowest BCUT2D eigenvalue weighted by Gasteiger charge is -2.33. The van der Waals surface area contributed by atoms with Crippen LogP contribution in [-0.4, -0.2) is 28.4 Å². The number of carbonyl (C=O) groups excluding carboxylic acids is 2. The highest BCUT2D eigenvalue weighted by Gasteiger charge is 2.43. The van der Waals surface area contributed by atoms with Gasteiger partial charge < -0.3 is 15.0 Å². The summed E-state index contributed by atoms with van der Waals surface area (Å²) in [6.07, 6.45) is -0.947. The first-order valence-electron chi connectivity index (χ1n) is 10.4. The van der Waals surface area contributed by atoms with Crippen LogP contribution in [0.3, 0.4) is 0 Å². The molecule has 0 bridgehead atoms. The van der Waals surface area contributed by atoms with E-state index in [1.165, 1.54) is 11.0 Å². The van der Waals surface area contributed by atoms with Gasteiger partial charge in [0.2, 0.25) is 5.91 Å². The molecule has 8 heteroatoms. The molecular formula is C24H27ClF2N2O3. The molecule has 1 N–H and O–H groups in total. The van der Waals surface area contributed by atoms with Crippen molar-refractivity contribution in [2.24, 2.45) is 5.92 Å². The molecule has 0 aromatic heterocycles. The van der Waals surface area contributed by atoms with Crippen molar-refractivity contribution >= 4 is 23.4 Å². The third-order valence-electron chi connectivity index (χ3n) is 5.10. The predicted octanol–water partition coefficient (Wildman–Crippen LogP) is 5.02. The molecule has 0 radical (unpaired) electrons. The number of hydrogen-bond acceptors (Lipinski definition) is 3. The Morgan fingerprint density at radius 2 is 1.81 bits per heavy atom. The fraction of sp³-hybridized carbons (Fsp3) is 0.417. The number of benzene rings is 2. The van der Waals surface area contributed by atoms with Crippen molar-refractivity contribution < 1.29 is 23.1 Å². The molecule has 0 saturated heterocycles.